The van der Waals surface area contributed by atoms with E-state index in [1.165, 1.54) is 0 Å². The second-order valence-electron chi connectivity index (χ2n) is 2.31. The first kappa shape index (κ1) is 9.50. The van der Waals surface area contributed by atoms with Gasteiger partial charge in [-0.15, -0.1) is 0 Å². The van der Waals surface area contributed by atoms with E-state index < -0.39 is 0 Å². The fraction of sp³-hybridized carbons (Fsp3) is 0.750. The van der Waals surface area contributed by atoms with Crippen molar-refractivity contribution in [2.45, 2.75) is 32.6 Å². The van der Waals surface area contributed by atoms with Crippen LogP contribution in [0.4, 0.5) is 0 Å². The summed E-state index contributed by atoms with van der Waals surface area (Å²) in [5.74, 6) is 0.413. The summed E-state index contributed by atoms with van der Waals surface area (Å²) in [5, 5.41) is 17.4. The van der Waals surface area contributed by atoms with Crippen molar-refractivity contribution in [3.05, 3.63) is 11.8 Å². The molecule has 2 N–H and O–H groups in total. The van der Waals surface area contributed by atoms with E-state index in [2.05, 4.69) is 6.92 Å². The lowest BCUT2D eigenvalue weighted by Crippen LogP contribution is -1.84. The Morgan fingerprint density at radius 2 is 2.20 bits per heavy atom. The molecule has 2 heteroatoms. The average Bonchev–Trinajstić information content (AvgIpc) is 1.97. The number of allylic oxidation sites excluding steroid dienone is 1. The minimum absolute atomic E-state index is 0.121. The third kappa shape index (κ3) is 5.63. The van der Waals surface area contributed by atoms with Gasteiger partial charge in [0.05, 0.1) is 5.76 Å². The molecule has 0 bridgehead atoms. The van der Waals surface area contributed by atoms with Crippen molar-refractivity contribution in [3.63, 3.8) is 0 Å². The standard InChI is InChI=1S/C8H16O2/c1-2-3-5-8(10)6-4-7-9/h6,9-10H,2-5,7H2,1H3. The SMILES string of the molecule is CCCCC(O)=CCCO. The van der Waals surface area contributed by atoms with Crippen LogP contribution >= 0.6 is 0 Å². The second-order valence-corrected chi connectivity index (χ2v) is 2.31. The fourth-order valence-electron chi connectivity index (χ4n) is 0.691. The molecule has 0 rings (SSSR count). The molecule has 0 unspecified atom stereocenters. The van der Waals surface area contributed by atoms with Crippen molar-refractivity contribution < 1.29 is 10.2 Å². The first-order valence-corrected chi connectivity index (χ1v) is 3.80. The van der Waals surface area contributed by atoms with Gasteiger partial charge in [0.15, 0.2) is 0 Å². The zero-order chi connectivity index (χ0) is 7.82. The van der Waals surface area contributed by atoms with E-state index in [-0.39, 0.29) is 6.61 Å². The van der Waals surface area contributed by atoms with Crippen LogP contribution in [-0.2, 0) is 0 Å². The number of hydrogen-bond acceptors (Lipinski definition) is 2. The molecule has 0 spiro atoms. The Morgan fingerprint density at radius 1 is 1.50 bits per heavy atom. The number of aliphatic hydroxyl groups is 2. The lowest BCUT2D eigenvalue weighted by Gasteiger charge is -1.96. The molecule has 0 saturated heterocycles. The van der Waals surface area contributed by atoms with Gasteiger partial charge in [-0.2, -0.15) is 0 Å². The van der Waals surface area contributed by atoms with E-state index in [4.69, 9.17) is 10.2 Å². The maximum atomic E-state index is 9.06. The van der Waals surface area contributed by atoms with Gasteiger partial charge in [-0.3, -0.25) is 0 Å². The van der Waals surface area contributed by atoms with E-state index in [1.807, 2.05) is 0 Å². The molecular weight excluding hydrogens is 128 g/mol. The molecule has 0 saturated carbocycles. The summed E-state index contributed by atoms with van der Waals surface area (Å²) in [4.78, 5) is 0. The molecule has 0 aromatic carbocycles. The van der Waals surface area contributed by atoms with E-state index >= 15 is 0 Å². The molecule has 0 aliphatic heterocycles. The molecule has 60 valence electrons. The van der Waals surface area contributed by atoms with Crippen molar-refractivity contribution in [1.29, 1.82) is 0 Å². The highest BCUT2D eigenvalue weighted by Crippen LogP contribution is 2.03. The van der Waals surface area contributed by atoms with Crippen molar-refractivity contribution in [1.82, 2.24) is 0 Å². The van der Waals surface area contributed by atoms with Crippen LogP contribution in [0.1, 0.15) is 32.6 Å². The highest BCUT2D eigenvalue weighted by atomic mass is 16.3. The number of rotatable bonds is 5. The van der Waals surface area contributed by atoms with Crippen LogP contribution in [0, 0.1) is 0 Å². The number of unbranched alkanes of at least 4 members (excludes halogenated alkanes) is 1. The zero-order valence-electron chi connectivity index (χ0n) is 6.51. The first-order chi connectivity index (χ1) is 4.81. The van der Waals surface area contributed by atoms with Crippen molar-refractivity contribution in [3.8, 4) is 0 Å². The Balaban J connectivity index is 3.30. The molecule has 0 radical (unpaired) electrons. The van der Waals surface area contributed by atoms with Crippen LogP contribution < -0.4 is 0 Å². The topological polar surface area (TPSA) is 40.5 Å². The van der Waals surface area contributed by atoms with Gasteiger partial charge in [-0.1, -0.05) is 13.3 Å². The van der Waals surface area contributed by atoms with Crippen LogP contribution in [0.5, 0.6) is 0 Å². The molecule has 10 heavy (non-hydrogen) atoms. The molecule has 0 atom stereocenters. The Bertz CT molecular complexity index is 97.4. The van der Waals surface area contributed by atoms with Gasteiger partial charge in [0.25, 0.3) is 0 Å². The smallest absolute Gasteiger partial charge is 0.0883 e. The predicted octanol–water partition coefficient (Wildman–Crippen LogP) is 2.00. The molecule has 0 fully saturated rings. The van der Waals surface area contributed by atoms with Gasteiger partial charge < -0.3 is 10.2 Å². The van der Waals surface area contributed by atoms with E-state index in [0.717, 1.165) is 19.3 Å². The zero-order valence-corrected chi connectivity index (χ0v) is 6.51. The first-order valence-electron chi connectivity index (χ1n) is 3.80. The monoisotopic (exact) mass is 144 g/mol. The van der Waals surface area contributed by atoms with Gasteiger partial charge in [-0.25, -0.2) is 0 Å². The summed E-state index contributed by atoms with van der Waals surface area (Å²) < 4.78 is 0. The van der Waals surface area contributed by atoms with E-state index in [0.29, 0.717) is 12.2 Å². The molecule has 0 aromatic rings. The van der Waals surface area contributed by atoms with Crippen LogP contribution in [0.15, 0.2) is 11.8 Å². The van der Waals surface area contributed by atoms with E-state index in [1.54, 1.807) is 6.08 Å². The van der Waals surface area contributed by atoms with Crippen molar-refractivity contribution >= 4 is 0 Å². The average molecular weight is 144 g/mol. The molecular formula is C8H16O2. The van der Waals surface area contributed by atoms with Gasteiger partial charge in [0.2, 0.25) is 0 Å². The molecule has 0 amide bonds. The minimum Gasteiger partial charge on any atom is -0.513 e. The lowest BCUT2D eigenvalue weighted by molar-refractivity contribution is 0.298. The van der Waals surface area contributed by atoms with Crippen molar-refractivity contribution in [2.75, 3.05) is 6.61 Å². The fourth-order valence-corrected chi connectivity index (χ4v) is 0.691. The van der Waals surface area contributed by atoms with Crippen LogP contribution in [0.25, 0.3) is 0 Å². The second kappa shape index (κ2) is 6.62. The highest BCUT2D eigenvalue weighted by molar-refractivity contribution is 4.89. The van der Waals surface area contributed by atoms with Gasteiger partial charge in [-0.05, 0) is 18.9 Å². The molecule has 0 aromatic heterocycles. The molecule has 0 heterocycles. The molecule has 2 nitrogen and oxygen atoms in total. The quantitative estimate of drug-likeness (QED) is 0.579. The summed E-state index contributed by atoms with van der Waals surface area (Å²) >= 11 is 0. The Morgan fingerprint density at radius 3 is 2.70 bits per heavy atom. The molecule has 0 aliphatic carbocycles. The van der Waals surface area contributed by atoms with E-state index in [9.17, 15) is 0 Å². The summed E-state index contributed by atoms with van der Waals surface area (Å²) in [7, 11) is 0. The van der Waals surface area contributed by atoms with Gasteiger partial charge >= 0.3 is 0 Å². The summed E-state index contributed by atoms with van der Waals surface area (Å²) in [5.41, 5.74) is 0. The molecule has 0 aliphatic rings. The number of aliphatic hydroxyl groups excluding tert-OH is 2. The third-order valence-corrected chi connectivity index (χ3v) is 1.30. The Kier molecular flexibility index (Phi) is 6.29. The normalized spacial score (nSPS) is 12.0. The predicted molar refractivity (Wildman–Crippen MR) is 41.9 cm³/mol. The highest BCUT2D eigenvalue weighted by Gasteiger charge is 1.90. The third-order valence-electron chi connectivity index (χ3n) is 1.30. The maximum absolute atomic E-state index is 9.06. The minimum atomic E-state index is 0.121. The van der Waals surface area contributed by atoms with Crippen LogP contribution in [-0.4, -0.2) is 16.8 Å². The number of hydrogen-bond donors (Lipinski definition) is 2. The maximum Gasteiger partial charge on any atom is 0.0883 e. The lowest BCUT2D eigenvalue weighted by atomic mass is 10.2. The van der Waals surface area contributed by atoms with Crippen LogP contribution in [0.3, 0.4) is 0 Å². The Labute approximate surface area is 62.2 Å². The Hall–Kier alpha value is -0.500. The van der Waals surface area contributed by atoms with Gasteiger partial charge in [0, 0.05) is 13.0 Å². The summed E-state index contributed by atoms with van der Waals surface area (Å²) in [6.45, 7) is 2.20. The largest absolute Gasteiger partial charge is 0.513 e. The van der Waals surface area contributed by atoms with Crippen molar-refractivity contribution in [2.24, 2.45) is 0 Å². The summed E-state index contributed by atoms with van der Waals surface area (Å²) in [6.07, 6.45) is 5.10. The van der Waals surface area contributed by atoms with Crippen LogP contribution in [0.2, 0.25) is 0 Å². The van der Waals surface area contributed by atoms with Gasteiger partial charge in [0.1, 0.15) is 0 Å². The summed E-state index contributed by atoms with van der Waals surface area (Å²) in [6, 6.07) is 0.